The van der Waals surface area contributed by atoms with Gasteiger partial charge in [0.25, 0.3) is 0 Å². The van der Waals surface area contributed by atoms with Crippen molar-refractivity contribution < 1.29 is 9.53 Å². The fourth-order valence-corrected chi connectivity index (χ4v) is 7.59. The molecule has 1 aromatic carbocycles. The fraction of sp³-hybridized carbons (Fsp3) is 0.542. The summed E-state index contributed by atoms with van der Waals surface area (Å²) in [6, 6.07) is 10.8. The molecule has 6 rings (SSSR count). The maximum Gasteiger partial charge on any atom is 0.228 e. The molecule has 0 aliphatic heterocycles. The molecule has 4 bridgehead atoms. The zero-order valence-electron chi connectivity index (χ0n) is 16.8. The number of hydrogen-bond acceptors (Lipinski definition) is 3. The molecule has 3 nitrogen and oxygen atoms in total. The van der Waals surface area contributed by atoms with Gasteiger partial charge in [0.2, 0.25) is 5.91 Å². The Morgan fingerprint density at radius 1 is 1.14 bits per heavy atom. The number of rotatable bonds is 5. The first-order valence-electron chi connectivity index (χ1n) is 10.4. The second-order valence-corrected chi connectivity index (χ2v) is 10.3. The third-order valence-corrected chi connectivity index (χ3v) is 8.30. The number of amides is 1. The van der Waals surface area contributed by atoms with Crippen molar-refractivity contribution in [2.24, 2.45) is 17.3 Å². The Morgan fingerprint density at radius 2 is 1.86 bits per heavy atom. The van der Waals surface area contributed by atoms with Crippen LogP contribution in [-0.4, -0.2) is 25.0 Å². The summed E-state index contributed by atoms with van der Waals surface area (Å²) in [5.74, 6) is 2.68. The van der Waals surface area contributed by atoms with Gasteiger partial charge in [-0.05, 0) is 95.9 Å². The lowest BCUT2D eigenvalue weighted by molar-refractivity contribution is -0.159. The smallest absolute Gasteiger partial charge is 0.228 e. The van der Waals surface area contributed by atoms with Crippen LogP contribution in [0.1, 0.15) is 49.7 Å². The number of hydrogen-bond donors (Lipinski definition) is 0. The summed E-state index contributed by atoms with van der Waals surface area (Å²) in [7, 11) is 3.72. The summed E-state index contributed by atoms with van der Waals surface area (Å²) >= 11 is 1.70. The van der Waals surface area contributed by atoms with Crippen molar-refractivity contribution >= 4 is 17.2 Å². The Labute approximate surface area is 171 Å². The van der Waals surface area contributed by atoms with E-state index in [2.05, 4.69) is 41.1 Å². The van der Waals surface area contributed by atoms with Crippen LogP contribution in [0.5, 0.6) is 5.75 Å². The Hall–Kier alpha value is -1.81. The summed E-state index contributed by atoms with van der Waals surface area (Å²) < 4.78 is 5.37. The highest BCUT2D eigenvalue weighted by Gasteiger charge is 2.61. The quantitative estimate of drug-likeness (QED) is 0.692. The molecule has 2 unspecified atom stereocenters. The lowest BCUT2D eigenvalue weighted by Gasteiger charge is -2.62. The SMILES string of the molecule is COc1ccc(C23CC4CC(CC(C(=O)N(C)Cc5ccsc5)(C4)C2)C3)cc1. The van der Waals surface area contributed by atoms with Crippen molar-refractivity contribution in [2.75, 3.05) is 14.2 Å². The van der Waals surface area contributed by atoms with Gasteiger partial charge in [-0.15, -0.1) is 0 Å². The molecule has 0 N–H and O–H groups in total. The first kappa shape index (κ1) is 18.2. The molecule has 4 fully saturated rings. The molecule has 0 spiro atoms. The Morgan fingerprint density at radius 3 is 2.46 bits per heavy atom. The van der Waals surface area contributed by atoms with Crippen LogP contribution < -0.4 is 4.74 Å². The minimum absolute atomic E-state index is 0.158. The average molecular weight is 396 g/mol. The molecule has 2 aromatic rings. The maximum absolute atomic E-state index is 13.7. The molecule has 2 atom stereocenters. The van der Waals surface area contributed by atoms with Crippen molar-refractivity contribution in [1.82, 2.24) is 4.90 Å². The van der Waals surface area contributed by atoms with E-state index in [0.717, 1.165) is 31.6 Å². The van der Waals surface area contributed by atoms with E-state index in [0.29, 0.717) is 17.7 Å². The van der Waals surface area contributed by atoms with Crippen LogP contribution in [0, 0.1) is 17.3 Å². The topological polar surface area (TPSA) is 29.5 Å². The van der Waals surface area contributed by atoms with E-state index in [1.165, 1.54) is 30.4 Å². The second kappa shape index (κ2) is 6.62. The predicted octanol–water partition coefficient (Wildman–Crippen LogP) is 5.25. The van der Waals surface area contributed by atoms with Crippen LogP contribution in [0.25, 0.3) is 0 Å². The monoisotopic (exact) mass is 395 g/mol. The first-order valence-corrected chi connectivity index (χ1v) is 11.4. The standard InChI is InChI=1S/C24H29NO2S/c1-25(14-17-7-8-28-15-17)22(26)24-12-18-9-19(13-24)11-23(10-18,16-24)20-3-5-21(27-2)6-4-20/h3-8,15,18-19H,9-14,16H2,1-2H3. The Balaban J connectivity index is 1.44. The van der Waals surface area contributed by atoms with Crippen molar-refractivity contribution in [3.05, 3.63) is 52.2 Å². The average Bonchev–Trinajstić information content (AvgIpc) is 3.19. The van der Waals surface area contributed by atoms with Gasteiger partial charge in [-0.25, -0.2) is 0 Å². The summed E-state index contributed by atoms with van der Waals surface area (Å²) in [6.07, 6.45) is 7.02. The lowest BCUT2D eigenvalue weighted by Crippen LogP contribution is -2.59. The summed E-state index contributed by atoms with van der Waals surface area (Å²) in [6.45, 7) is 0.731. The third kappa shape index (κ3) is 2.88. The number of carbonyl (C=O) groups excluding carboxylic acids is 1. The van der Waals surface area contributed by atoms with Gasteiger partial charge < -0.3 is 9.64 Å². The predicted molar refractivity (Wildman–Crippen MR) is 113 cm³/mol. The molecule has 148 valence electrons. The van der Waals surface area contributed by atoms with E-state index < -0.39 is 0 Å². The summed E-state index contributed by atoms with van der Waals surface area (Å²) in [4.78, 5) is 15.7. The third-order valence-electron chi connectivity index (χ3n) is 7.56. The van der Waals surface area contributed by atoms with Gasteiger partial charge >= 0.3 is 0 Å². The maximum atomic E-state index is 13.7. The molecule has 28 heavy (non-hydrogen) atoms. The van der Waals surface area contributed by atoms with Crippen molar-refractivity contribution in [2.45, 2.75) is 50.5 Å². The Kier molecular flexibility index (Phi) is 4.31. The number of carbonyl (C=O) groups is 1. The summed E-state index contributed by atoms with van der Waals surface area (Å²) in [5.41, 5.74) is 2.68. The van der Waals surface area contributed by atoms with Gasteiger partial charge in [-0.1, -0.05) is 12.1 Å². The van der Waals surface area contributed by atoms with E-state index in [4.69, 9.17) is 4.74 Å². The number of thiophene rings is 1. The molecule has 0 saturated heterocycles. The zero-order valence-corrected chi connectivity index (χ0v) is 17.6. The number of methoxy groups -OCH3 is 1. The molecular weight excluding hydrogens is 366 g/mol. The van der Waals surface area contributed by atoms with E-state index in [9.17, 15) is 4.79 Å². The lowest BCUT2D eigenvalue weighted by atomic mass is 9.42. The van der Waals surface area contributed by atoms with Crippen molar-refractivity contribution in [1.29, 1.82) is 0 Å². The van der Waals surface area contributed by atoms with Gasteiger partial charge in [-0.2, -0.15) is 11.3 Å². The van der Waals surface area contributed by atoms with E-state index in [1.807, 2.05) is 11.9 Å². The highest BCUT2D eigenvalue weighted by atomic mass is 32.1. The summed E-state index contributed by atoms with van der Waals surface area (Å²) in [5, 5.41) is 4.25. The highest BCUT2D eigenvalue weighted by molar-refractivity contribution is 7.07. The van der Waals surface area contributed by atoms with Crippen LogP contribution in [0.3, 0.4) is 0 Å². The number of benzene rings is 1. The van der Waals surface area contributed by atoms with Gasteiger partial charge in [0, 0.05) is 13.6 Å². The molecule has 4 heteroatoms. The largest absolute Gasteiger partial charge is 0.497 e. The van der Waals surface area contributed by atoms with Crippen molar-refractivity contribution in [3.8, 4) is 5.75 Å². The second-order valence-electron chi connectivity index (χ2n) is 9.54. The van der Waals surface area contributed by atoms with Crippen LogP contribution in [0.4, 0.5) is 0 Å². The fourth-order valence-electron chi connectivity index (χ4n) is 6.93. The molecule has 0 radical (unpaired) electrons. The zero-order chi connectivity index (χ0) is 19.4. The number of nitrogens with zero attached hydrogens (tertiary/aromatic N) is 1. The van der Waals surface area contributed by atoms with Gasteiger partial charge in [0.15, 0.2) is 0 Å². The number of ether oxygens (including phenoxy) is 1. The van der Waals surface area contributed by atoms with E-state index in [-0.39, 0.29) is 10.8 Å². The molecule has 4 saturated carbocycles. The highest BCUT2D eigenvalue weighted by Crippen LogP contribution is 2.66. The molecular formula is C24H29NO2S. The van der Waals surface area contributed by atoms with Gasteiger partial charge in [-0.3, -0.25) is 4.79 Å². The van der Waals surface area contributed by atoms with Gasteiger partial charge in [0.1, 0.15) is 5.75 Å². The molecule has 1 amide bonds. The van der Waals surface area contributed by atoms with Crippen LogP contribution >= 0.6 is 11.3 Å². The minimum atomic E-state index is -0.158. The molecule has 4 aliphatic rings. The van der Waals surface area contributed by atoms with E-state index >= 15 is 0 Å². The molecule has 1 aromatic heterocycles. The normalized spacial score (nSPS) is 33.1. The van der Waals surface area contributed by atoms with Crippen molar-refractivity contribution in [3.63, 3.8) is 0 Å². The van der Waals surface area contributed by atoms with Crippen LogP contribution in [0.2, 0.25) is 0 Å². The molecule has 4 aliphatic carbocycles. The van der Waals surface area contributed by atoms with Crippen LogP contribution in [-0.2, 0) is 16.8 Å². The van der Waals surface area contributed by atoms with E-state index in [1.54, 1.807) is 18.4 Å². The van der Waals surface area contributed by atoms with Gasteiger partial charge in [0.05, 0.1) is 12.5 Å². The molecule has 1 heterocycles. The first-order chi connectivity index (χ1) is 13.5. The minimum Gasteiger partial charge on any atom is -0.497 e. The van der Waals surface area contributed by atoms with Crippen LogP contribution in [0.15, 0.2) is 41.1 Å². The Bertz CT molecular complexity index is 843.